The van der Waals surface area contributed by atoms with E-state index in [2.05, 4.69) is 35.1 Å². The van der Waals surface area contributed by atoms with Crippen molar-refractivity contribution in [2.24, 2.45) is 0 Å². The highest BCUT2D eigenvalue weighted by molar-refractivity contribution is 5.91. The highest BCUT2D eigenvalue weighted by Gasteiger charge is 2.18. The van der Waals surface area contributed by atoms with E-state index in [0.29, 0.717) is 12.1 Å². The second-order valence-electron chi connectivity index (χ2n) is 6.94. The molecule has 8 nitrogen and oxygen atoms in total. The third-order valence-electron chi connectivity index (χ3n) is 4.83. The summed E-state index contributed by atoms with van der Waals surface area (Å²) in [7, 11) is 0. The summed E-state index contributed by atoms with van der Waals surface area (Å²) < 4.78 is 29.6. The summed E-state index contributed by atoms with van der Waals surface area (Å²) in [5, 5.41) is 5.37. The molecule has 2 heterocycles. The summed E-state index contributed by atoms with van der Waals surface area (Å²) in [4.78, 5) is 25.2. The van der Waals surface area contributed by atoms with E-state index in [1.807, 2.05) is 0 Å². The normalized spacial score (nSPS) is 14.6. The number of nitrogens with one attached hydrogen (secondary N) is 2. The van der Waals surface area contributed by atoms with E-state index in [1.165, 1.54) is 6.07 Å². The first kappa shape index (κ1) is 21.7. The zero-order valence-corrected chi connectivity index (χ0v) is 16.9. The van der Waals surface area contributed by atoms with Gasteiger partial charge in [0.2, 0.25) is 5.95 Å². The van der Waals surface area contributed by atoms with Crippen LogP contribution in [0.25, 0.3) is 0 Å². The van der Waals surface area contributed by atoms with Gasteiger partial charge in [0.05, 0.1) is 5.69 Å². The van der Waals surface area contributed by atoms with Crippen LogP contribution >= 0.6 is 0 Å². The highest BCUT2D eigenvalue weighted by Crippen LogP contribution is 2.29. The summed E-state index contributed by atoms with van der Waals surface area (Å²) in [5.41, 5.74) is 0.887. The van der Waals surface area contributed by atoms with Crippen molar-refractivity contribution in [2.45, 2.75) is 20.0 Å². The largest absolute Gasteiger partial charge is 0.433 e. The number of rotatable bonds is 8. The lowest BCUT2D eigenvalue weighted by Crippen LogP contribution is -2.47. The van der Waals surface area contributed by atoms with Gasteiger partial charge < -0.3 is 20.3 Å². The number of amides is 2. The molecule has 162 valence electrons. The smallest absolute Gasteiger partial charge is 0.387 e. The van der Waals surface area contributed by atoms with Crippen LogP contribution < -0.4 is 20.3 Å². The molecule has 3 rings (SSSR count). The number of carbonyl (C=O) groups is 1. The molecule has 2 N–H and O–H groups in total. The zero-order valence-electron chi connectivity index (χ0n) is 16.9. The molecule has 30 heavy (non-hydrogen) atoms. The first-order valence-electron chi connectivity index (χ1n) is 9.86. The predicted molar refractivity (Wildman–Crippen MR) is 110 cm³/mol. The van der Waals surface area contributed by atoms with E-state index in [4.69, 9.17) is 0 Å². The molecule has 0 saturated carbocycles. The van der Waals surface area contributed by atoms with Crippen LogP contribution in [-0.4, -0.2) is 66.8 Å². The van der Waals surface area contributed by atoms with Crippen molar-refractivity contribution in [3.05, 3.63) is 42.2 Å². The van der Waals surface area contributed by atoms with Crippen LogP contribution in [0.5, 0.6) is 5.75 Å². The monoisotopic (exact) mass is 420 g/mol. The number of piperazine rings is 1. The average Bonchev–Trinajstić information content (AvgIpc) is 2.74. The van der Waals surface area contributed by atoms with Crippen molar-refractivity contribution in [1.29, 1.82) is 0 Å². The average molecular weight is 420 g/mol. The minimum atomic E-state index is -2.95. The van der Waals surface area contributed by atoms with Crippen molar-refractivity contribution in [2.75, 3.05) is 49.5 Å². The number of aromatic nitrogens is 2. The Bertz CT molecular complexity index is 816. The van der Waals surface area contributed by atoms with Crippen LogP contribution in [0.4, 0.5) is 25.2 Å². The number of urea groups is 1. The zero-order chi connectivity index (χ0) is 21.3. The number of anilines is 2. The second-order valence-corrected chi connectivity index (χ2v) is 6.94. The Labute approximate surface area is 174 Å². The highest BCUT2D eigenvalue weighted by atomic mass is 19.3. The van der Waals surface area contributed by atoms with Crippen LogP contribution in [0.2, 0.25) is 0 Å². The molecule has 10 heteroatoms. The topological polar surface area (TPSA) is 82.6 Å². The van der Waals surface area contributed by atoms with E-state index in [1.54, 1.807) is 37.5 Å². The van der Waals surface area contributed by atoms with Crippen molar-refractivity contribution < 1.29 is 18.3 Å². The molecular weight excluding hydrogens is 394 g/mol. The number of alkyl halides is 2. The van der Waals surface area contributed by atoms with Crippen LogP contribution in [0.15, 0.2) is 36.7 Å². The molecule has 0 radical (unpaired) electrons. The van der Waals surface area contributed by atoms with Gasteiger partial charge in [-0.05, 0) is 37.6 Å². The molecule has 0 spiro atoms. The Morgan fingerprint density at radius 3 is 2.60 bits per heavy atom. The molecular formula is C20H26F2N6O2. The molecule has 2 amide bonds. The fourth-order valence-corrected chi connectivity index (χ4v) is 3.28. The Morgan fingerprint density at radius 1 is 1.17 bits per heavy atom. The van der Waals surface area contributed by atoms with E-state index < -0.39 is 12.6 Å². The van der Waals surface area contributed by atoms with Crippen molar-refractivity contribution in [3.8, 4) is 5.75 Å². The fourth-order valence-electron chi connectivity index (χ4n) is 3.28. The number of carbonyl (C=O) groups excluding carboxylic acids is 1. The lowest BCUT2D eigenvalue weighted by Gasteiger charge is -2.34. The Morgan fingerprint density at radius 2 is 1.90 bits per heavy atom. The molecule has 0 aliphatic carbocycles. The molecule has 1 aliphatic rings. The number of halogens is 2. The van der Waals surface area contributed by atoms with Crippen molar-refractivity contribution in [3.63, 3.8) is 0 Å². The number of ether oxygens (including phenoxy) is 1. The molecule has 1 saturated heterocycles. The van der Waals surface area contributed by atoms with Gasteiger partial charge in [0, 0.05) is 45.1 Å². The van der Waals surface area contributed by atoms with Crippen molar-refractivity contribution >= 4 is 17.7 Å². The Kier molecular flexibility index (Phi) is 7.72. The molecule has 2 aromatic rings. The van der Waals surface area contributed by atoms with Crippen LogP contribution in [-0.2, 0) is 0 Å². The number of para-hydroxylation sites is 1. The van der Waals surface area contributed by atoms with Gasteiger partial charge in [0.15, 0.2) is 0 Å². The number of benzene rings is 1. The van der Waals surface area contributed by atoms with Gasteiger partial charge in [-0.25, -0.2) is 14.8 Å². The summed E-state index contributed by atoms with van der Waals surface area (Å²) in [6.07, 6.45) is 4.26. The van der Waals surface area contributed by atoms with Gasteiger partial charge in [-0.2, -0.15) is 8.78 Å². The van der Waals surface area contributed by atoms with Gasteiger partial charge in [0.1, 0.15) is 5.75 Å². The number of nitrogens with zero attached hydrogens (tertiary/aromatic N) is 4. The molecule has 1 aliphatic heterocycles. The lowest BCUT2D eigenvalue weighted by atomic mass is 10.2. The van der Waals surface area contributed by atoms with Gasteiger partial charge >= 0.3 is 12.6 Å². The maximum Gasteiger partial charge on any atom is 0.387 e. The maximum atomic E-state index is 12.6. The molecule has 1 aromatic heterocycles. The van der Waals surface area contributed by atoms with E-state index >= 15 is 0 Å². The second kappa shape index (κ2) is 10.7. The summed E-state index contributed by atoms with van der Waals surface area (Å²) in [6, 6.07) is 6.06. The van der Waals surface area contributed by atoms with E-state index in [0.717, 1.165) is 45.1 Å². The molecule has 1 aromatic carbocycles. The quantitative estimate of drug-likeness (QED) is 0.639. The SMILES string of the molecule is Cc1cccc(OC(F)F)c1NC(=O)NCCCN1CCN(c2ncccn2)CC1. The van der Waals surface area contributed by atoms with E-state index in [-0.39, 0.29) is 11.4 Å². The van der Waals surface area contributed by atoms with Crippen molar-refractivity contribution in [1.82, 2.24) is 20.2 Å². The first-order chi connectivity index (χ1) is 14.5. The summed E-state index contributed by atoms with van der Waals surface area (Å²) in [6.45, 7) is 3.62. The fraction of sp³-hybridized carbons (Fsp3) is 0.450. The standard InChI is InChI=1S/C20H26F2N6O2/c1-15-5-2-6-16(30-18(21)22)17(15)26-20(29)25-9-4-10-27-11-13-28(14-12-27)19-23-7-3-8-24-19/h2-3,5-8,18H,4,9-14H2,1H3,(H2,25,26,29). The minimum Gasteiger partial charge on any atom is -0.433 e. The number of hydrogen-bond donors (Lipinski definition) is 2. The number of hydrogen-bond acceptors (Lipinski definition) is 6. The molecule has 1 fully saturated rings. The van der Waals surface area contributed by atoms with Crippen LogP contribution in [0, 0.1) is 6.92 Å². The van der Waals surface area contributed by atoms with Gasteiger partial charge in [-0.15, -0.1) is 0 Å². The minimum absolute atomic E-state index is 0.0552. The molecule has 0 unspecified atom stereocenters. The number of aryl methyl sites for hydroxylation is 1. The third-order valence-corrected chi connectivity index (χ3v) is 4.83. The maximum absolute atomic E-state index is 12.6. The molecule has 0 atom stereocenters. The third kappa shape index (κ3) is 6.24. The van der Waals surface area contributed by atoms with Crippen LogP contribution in [0.1, 0.15) is 12.0 Å². The van der Waals surface area contributed by atoms with Gasteiger partial charge in [0.25, 0.3) is 0 Å². The molecule has 0 bridgehead atoms. The first-order valence-corrected chi connectivity index (χ1v) is 9.86. The van der Waals surface area contributed by atoms with Crippen LogP contribution in [0.3, 0.4) is 0 Å². The van der Waals surface area contributed by atoms with Gasteiger partial charge in [-0.1, -0.05) is 12.1 Å². The summed E-state index contributed by atoms with van der Waals surface area (Å²) in [5.74, 6) is 0.697. The Hall–Kier alpha value is -3.01. The van der Waals surface area contributed by atoms with Gasteiger partial charge in [-0.3, -0.25) is 4.90 Å². The predicted octanol–water partition coefficient (Wildman–Crippen LogP) is 2.72. The lowest BCUT2D eigenvalue weighted by molar-refractivity contribution is -0.0493. The van der Waals surface area contributed by atoms with E-state index in [9.17, 15) is 13.6 Å². The Balaban J connectivity index is 1.37. The summed E-state index contributed by atoms with van der Waals surface area (Å²) >= 11 is 0.